The van der Waals surface area contributed by atoms with E-state index in [9.17, 15) is 4.79 Å². The molecular formula is C2H9AlCl5NO2Zr+4. The maximum atomic E-state index is 9.24. The van der Waals surface area contributed by atoms with Gasteiger partial charge in [-0.25, -0.2) is 0 Å². The Bertz CT molecular complexity index is 62.7. The van der Waals surface area contributed by atoms with Gasteiger partial charge in [-0.3, -0.25) is 4.79 Å². The summed E-state index contributed by atoms with van der Waals surface area (Å²) in [6.07, 6.45) is 0. The van der Waals surface area contributed by atoms with Crippen molar-refractivity contribution in [1.29, 1.82) is 0 Å². The van der Waals surface area contributed by atoms with Gasteiger partial charge in [-0.05, 0) is 0 Å². The van der Waals surface area contributed by atoms with Crippen LogP contribution < -0.4 is 18.1 Å². The molecule has 0 fully saturated rings. The van der Waals surface area contributed by atoms with E-state index in [0.29, 0.717) is 0 Å². The SMILES string of the molecule is Cl.Cl.Cl.Cl.NCC(=O)O.[Al+3].[Cl-].[Zr+2]. The molecule has 0 unspecified atom stereocenters. The molecule has 0 aliphatic carbocycles. The first kappa shape index (κ1) is 63.8. The van der Waals surface area contributed by atoms with Crippen molar-refractivity contribution in [3.8, 4) is 0 Å². The van der Waals surface area contributed by atoms with Crippen LogP contribution in [0.4, 0.5) is 0 Å². The molecule has 0 aliphatic heterocycles. The molecule has 3 nitrogen and oxygen atoms in total. The summed E-state index contributed by atoms with van der Waals surface area (Å²) in [4.78, 5) is 9.24. The van der Waals surface area contributed by atoms with E-state index in [2.05, 4.69) is 5.73 Å². The van der Waals surface area contributed by atoms with E-state index in [-0.39, 0.29) is 112 Å². The third-order valence-corrected chi connectivity index (χ3v) is 0.175. The second-order valence-corrected chi connectivity index (χ2v) is 0.598. The number of carbonyl (C=O) groups is 1. The van der Waals surface area contributed by atoms with Gasteiger partial charge in [0.2, 0.25) is 0 Å². The molecule has 0 rings (SSSR count). The monoisotopic (exact) mass is 371 g/mol. The summed E-state index contributed by atoms with van der Waals surface area (Å²) in [6.45, 7) is -0.278. The van der Waals surface area contributed by atoms with Crippen LogP contribution >= 0.6 is 49.6 Å². The van der Waals surface area contributed by atoms with Crippen LogP contribution in [0.2, 0.25) is 0 Å². The van der Waals surface area contributed by atoms with E-state index >= 15 is 0 Å². The Morgan fingerprint density at radius 1 is 1.17 bits per heavy atom. The van der Waals surface area contributed by atoms with E-state index in [0.717, 1.165) is 0 Å². The third-order valence-electron chi connectivity index (χ3n) is 0.175. The maximum Gasteiger partial charge on any atom is 3.00 e. The third kappa shape index (κ3) is 85.0. The van der Waals surface area contributed by atoms with E-state index in [1.807, 2.05) is 0 Å². The summed E-state index contributed by atoms with van der Waals surface area (Å²) in [5, 5.41) is 7.60. The van der Waals surface area contributed by atoms with Crippen LogP contribution in [0.15, 0.2) is 0 Å². The van der Waals surface area contributed by atoms with E-state index in [1.54, 1.807) is 0 Å². The van der Waals surface area contributed by atoms with Gasteiger partial charge >= 0.3 is 49.5 Å². The normalized spacial score (nSPS) is 3.08. The van der Waals surface area contributed by atoms with Gasteiger partial charge in [0, 0.05) is 0 Å². The predicted octanol–water partition coefficient (Wildman–Crippen LogP) is -2.66. The molecule has 0 atom stereocenters. The zero-order chi connectivity index (χ0) is 4.28. The minimum atomic E-state index is -0.968. The Kier molecular flexibility index (Phi) is 269. The van der Waals surface area contributed by atoms with Gasteiger partial charge in [-0.15, -0.1) is 49.6 Å². The smallest absolute Gasteiger partial charge is 1.00 e. The summed E-state index contributed by atoms with van der Waals surface area (Å²) in [5.41, 5.74) is 4.57. The molecule has 0 amide bonds. The first-order valence-electron chi connectivity index (χ1n) is 1.19. The molecule has 0 aliphatic rings. The second-order valence-electron chi connectivity index (χ2n) is 0.598. The summed E-state index contributed by atoms with van der Waals surface area (Å²) >= 11 is 0. The second kappa shape index (κ2) is 50.7. The number of halogens is 5. The van der Waals surface area contributed by atoms with Crippen molar-refractivity contribution in [1.82, 2.24) is 0 Å². The minimum absolute atomic E-state index is 0. The predicted molar refractivity (Wildman–Crippen MR) is 51.4 cm³/mol. The van der Waals surface area contributed by atoms with Gasteiger partial charge in [0.15, 0.2) is 0 Å². The number of nitrogens with two attached hydrogens (primary N) is 1. The van der Waals surface area contributed by atoms with Crippen molar-refractivity contribution < 1.29 is 48.5 Å². The fourth-order valence-electron chi connectivity index (χ4n) is 0. The van der Waals surface area contributed by atoms with Gasteiger partial charge in [-0.1, -0.05) is 0 Å². The number of hydrogen-bond donors (Lipinski definition) is 2. The Balaban J connectivity index is -0.00000000381. The number of hydrogen-bond acceptors (Lipinski definition) is 2. The van der Waals surface area contributed by atoms with Gasteiger partial charge < -0.3 is 23.2 Å². The van der Waals surface area contributed by atoms with Crippen molar-refractivity contribution in [2.45, 2.75) is 0 Å². The molecule has 0 aromatic rings. The van der Waals surface area contributed by atoms with Gasteiger partial charge in [0.05, 0.1) is 6.54 Å². The van der Waals surface area contributed by atoms with E-state index in [4.69, 9.17) is 5.11 Å². The average molecular weight is 375 g/mol. The molecule has 0 radical (unpaired) electrons. The van der Waals surface area contributed by atoms with Crippen LogP contribution in [-0.4, -0.2) is 35.0 Å². The Morgan fingerprint density at radius 2 is 1.25 bits per heavy atom. The molecule has 12 heavy (non-hydrogen) atoms. The molecule has 0 aromatic carbocycles. The summed E-state index contributed by atoms with van der Waals surface area (Å²) < 4.78 is 0. The minimum Gasteiger partial charge on any atom is -1.00 e. The quantitative estimate of drug-likeness (QED) is 0.493. The number of carboxylic acids is 1. The maximum absolute atomic E-state index is 9.24. The van der Waals surface area contributed by atoms with Crippen molar-refractivity contribution in [2.24, 2.45) is 5.73 Å². The molecule has 0 saturated carbocycles. The first-order valence-corrected chi connectivity index (χ1v) is 1.19. The van der Waals surface area contributed by atoms with Gasteiger partial charge in [0.1, 0.15) is 0 Å². The van der Waals surface area contributed by atoms with Crippen LogP contribution in [0, 0.1) is 0 Å². The largest absolute Gasteiger partial charge is 3.00 e. The molecule has 0 aromatic heterocycles. The van der Waals surface area contributed by atoms with Crippen LogP contribution in [-0.2, 0) is 31.0 Å². The van der Waals surface area contributed by atoms with E-state index < -0.39 is 5.97 Å². The Morgan fingerprint density at radius 3 is 1.25 bits per heavy atom. The molecular weight excluding hydrogens is 365 g/mol. The Labute approximate surface area is 132 Å². The van der Waals surface area contributed by atoms with Crippen molar-refractivity contribution in [3.63, 3.8) is 0 Å². The van der Waals surface area contributed by atoms with Gasteiger partial charge in [0.25, 0.3) is 0 Å². The van der Waals surface area contributed by atoms with E-state index in [1.165, 1.54) is 0 Å². The fourth-order valence-corrected chi connectivity index (χ4v) is 0. The molecule has 3 N–H and O–H groups in total. The number of rotatable bonds is 1. The molecule has 72 valence electrons. The molecule has 0 spiro atoms. The molecule has 10 heteroatoms. The Hall–Kier alpha value is 2.30. The molecule has 0 bridgehead atoms. The zero-order valence-electron chi connectivity index (χ0n) is 5.73. The van der Waals surface area contributed by atoms with Crippen LogP contribution in [0.25, 0.3) is 0 Å². The number of carboxylic acid groups (broad SMARTS) is 1. The van der Waals surface area contributed by atoms with Crippen molar-refractivity contribution in [2.75, 3.05) is 6.54 Å². The summed E-state index contributed by atoms with van der Waals surface area (Å²) in [5.74, 6) is -0.968. The summed E-state index contributed by atoms with van der Waals surface area (Å²) in [7, 11) is 0. The number of aliphatic carboxylic acids is 1. The average Bonchev–Trinajstić information content (AvgIpc) is 1.38. The summed E-state index contributed by atoms with van der Waals surface area (Å²) in [6, 6.07) is 0. The topological polar surface area (TPSA) is 63.3 Å². The van der Waals surface area contributed by atoms with Crippen LogP contribution in [0.1, 0.15) is 0 Å². The molecule has 0 saturated heterocycles. The molecule has 0 heterocycles. The fraction of sp³-hybridized carbons (Fsp3) is 0.500. The van der Waals surface area contributed by atoms with Gasteiger partial charge in [-0.2, -0.15) is 0 Å². The van der Waals surface area contributed by atoms with Crippen molar-refractivity contribution >= 4 is 73.0 Å². The first-order chi connectivity index (χ1) is 2.27. The standard InChI is InChI=1S/C2H5NO2.Al.5ClH.Zr/c3-1-2(4)5;;;;;;;/h1,3H2,(H,4,5);;5*1H;/q;+3;;;;;;+2/p-1. The zero-order valence-corrected chi connectivity index (χ0v) is 13.4. The van der Waals surface area contributed by atoms with Crippen LogP contribution in [0.3, 0.4) is 0 Å². The van der Waals surface area contributed by atoms with Crippen LogP contribution in [0.5, 0.6) is 0 Å². The van der Waals surface area contributed by atoms with Crippen molar-refractivity contribution in [3.05, 3.63) is 0 Å².